The SMILES string of the molecule is COc1ccc(NC(=O)COC(=O)Cc2cccc(C(F)(F)F)c2)c([N+](=O)[O-])c1. The zero-order chi connectivity index (χ0) is 21.6. The summed E-state index contributed by atoms with van der Waals surface area (Å²) in [5.41, 5.74) is -1.40. The molecule has 0 radical (unpaired) electrons. The van der Waals surface area contributed by atoms with E-state index in [2.05, 4.69) is 5.32 Å². The predicted molar refractivity (Wildman–Crippen MR) is 94.4 cm³/mol. The Labute approximate surface area is 162 Å². The Hall–Kier alpha value is -3.63. The Morgan fingerprint density at radius 2 is 1.90 bits per heavy atom. The number of benzene rings is 2. The van der Waals surface area contributed by atoms with E-state index >= 15 is 0 Å². The molecule has 0 aliphatic carbocycles. The van der Waals surface area contributed by atoms with Gasteiger partial charge in [0.05, 0.1) is 30.1 Å². The average molecular weight is 412 g/mol. The highest BCUT2D eigenvalue weighted by Gasteiger charge is 2.30. The molecule has 2 aromatic rings. The molecule has 2 aromatic carbocycles. The number of hydrogen-bond acceptors (Lipinski definition) is 6. The molecule has 2 rings (SSSR count). The van der Waals surface area contributed by atoms with Crippen molar-refractivity contribution in [3.05, 3.63) is 63.7 Å². The normalized spacial score (nSPS) is 10.9. The van der Waals surface area contributed by atoms with Gasteiger partial charge in [0.25, 0.3) is 11.6 Å². The number of esters is 1. The number of anilines is 1. The van der Waals surface area contributed by atoms with Crippen LogP contribution >= 0.6 is 0 Å². The lowest BCUT2D eigenvalue weighted by Crippen LogP contribution is -2.22. The standard InChI is InChI=1S/C18H15F3N2O6/c1-28-13-5-6-14(15(9-13)23(26)27)22-16(24)10-29-17(25)8-11-3-2-4-12(7-11)18(19,20)21/h2-7,9H,8,10H2,1H3,(H,22,24). The van der Waals surface area contributed by atoms with E-state index in [-0.39, 0.29) is 17.0 Å². The largest absolute Gasteiger partial charge is 0.496 e. The van der Waals surface area contributed by atoms with Crippen LogP contribution in [-0.2, 0) is 26.9 Å². The number of hydrogen-bond donors (Lipinski definition) is 1. The van der Waals surface area contributed by atoms with Crippen LogP contribution in [0.1, 0.15) is 11.1 Å². The van der Waals surface area contributed by atoms with Gasteiger partial charge in [-0.15, -0.1) is 0 Å². The van der Waals surface area contributed by atoms with Gasteiger partial charge in [-0.3, -0.25) is 19.7 Å². The molecule has 0 saturated heterocycles. The van der Waals surface area contributed by atoms with Crippen molar-refractivity contribution in [1.29, 1.82) is 0 Å². The quantitative estimate of drug-likeness (QED) is 0.425. The number of nitro benzene ring substituents is 1. The van der Waals surface area contributed by atoms with Crippen molar-refractivity contribution in [3.8, 4) is 5.75 Å². The van der Waals surface area contributed by atoms with E-state index in [9.17, 15) is 32.9 Å². The number of halogens is 3. The van der Waals surface area contributed by atoms with Crippen LogP contribution in [0.2, 0.25) is 0 Å². The van der Waals surface area contributed by atoms with Gasteiger partial charge in [0.2, 0.25) is 0 Å². The lowest BCUT2D eigenvalue weighted by Gasteiger charge is -2.10. The maximum atomic E-state index is 12.7. The number of methoxy groups -OCH3 is 1. The first-order chi connectivity index (χ1) is 13.6. The summed E-state index contributed by atoms with van der Waals surface area (Å²) in [4.78, 5) is 34.0. The summed E-state index contributed by atoms with van der Waals surface area (Å²) in [6.45, 7) is -0.763. The lowest BCUT2D eigenvalue weighted by atomic mass is 10.1. The van der Waals surface area contributed by atoms with Crippen molar-refractivity contribution in [3.63, 3.8) is 0 Å². The predicted octanol–water partition coefficient (Wildman–Crippen LogP) is 3.35. The second-order valence-corrected chi connectivity index (χ2v) is 5.72. The number of carbonyl (C=O) groups is 2. The number of ether oxygens (including phenoxy) is 2. The maximum Gasteiger partial charge on any atom is 0.416 e. The number of amides is 1. The summed E-state index contributed by atoms with van der Waals surface area (Å²) in [5.74, 6) is -1.57. The molecule has 0 bridgehead atoms. The average Bonchev–Trinajstić information content (AvgIpc) is 2.66. The number of nitrogens with one attached hydrogen (secondary N) is 1. The zero-order valence-corrected chi connectivity index (χ0v) is 15.0. The molecule has 0 fully saturated rings. The fraction of sp³-hybridized carbons (Fsp3) is 0.222. The van der Waals surface area contributed by atoms with Crippen LogP contribution in [0.25, 0.3) is 0 Å². The molecule has 0 saturated carbocycles. The number of nitrogens with zero attached hydrogens (tertiary/aromatic N) is 1. The smallest absolute Gasteiger partial charge is 0.416 e. The molecule has 0 aliphatic rings. The first-order valence-electron chi connectivity index (χ1n) is 8.04. The fourth-order valence-electron chi connectivity index (χ4n) is 2.30. The van der Waals surface area contributed by atoms with Crippen molar-refractivity contribution in [2.24, 2.45) is 0 Å². The summed E-state index contributed by atoms with van der Waals surface area (Å²) in [7, 11) is 1.32. The molecule has 1 N–H and O–H groups in total. The highest BCUT2D eigenvalue weighted by Crippen LogP contribution is 2.30. The van der Waals surface area contributed by atoms with Crippen LogP contribution in [0.4, 0.5) is 24.5 Å². The van der Waals surface area contributed by atoms with E-state index in [0.717, 1.165) is 24.3 Å². The number of carbonyl (C=O) groups excluding carboxylic acids is 2. The summed E-state index contributed by atoms with van der Waals surface area (Å²) in [5, 5.41) is 13.3. The summed E-state index contributed by atoms with van der Waals surface area (Å²) in [6.07, 6.45) is -5.02. The van der Waals surface area contributed by atoms with E-state index < -0.39 is 47.3 Å². The molecule has 8 nitrogen and oxygen atoms in total. The van der Waals surface area contributed by atoms with Crippen molar-refractivity contribution in [1.82, 2.24) is 0 Å². The van der Waals surface area contributed by atoms with Gasteiger partial charge in [-0.2, -0.15) is 13.2 Å². The summed E-state index contributed by atoms with van der Waals surface area (Å²) >= 11 is 0. The molecule has 1 amide bonds. The van der Waals surface area contributed by atoms with Gasteiger partial charge in [0.15, 0.2) is 6.61 Å². The van der Waals surface area contributed by atoms with Gasteiger partial charge in [-0.05, 0) is 23.8 Å². The summed E-state index contributed by atoms with van der Waals surface area (Å²) < 4.78 is 47.6. The van der Waals surface area contributed by atoms with Crippen LogP contribution in [0.5, 0.6) is 5.75 Å². The number of alkyl halides is 3. The Morgan fingerprint density at radius 1 is 1.17 bits per heavy atom. The third-order valence-corrected chi connectivity index (χ3v) is 3.64. The van der Waals surface area contributed by atoms with Gasteiger partial charge < -0.3 is 14.8 Å². The molecule has 154 valence electrons. The molecular formula is C18H15F3N2O6. The van der Waals surface area contributed by atoms with Crippen LogP contribution < -0.4 is 10.1 Å². The Bertz CT molecular complexity index is 930. The fourth-order valence-corrected chi connectivity index (χ4v) is 2.30. The first kappa shape index (κ1) is 21.7. The lowest BCUT2D eigenvalue weighted by molar-refractivity contribution is -0.384. The monoisotopic (exact) mass is 412 g/mol. The third-order valence-electron chi connectivity index (χ3n) is 3.64. The highest BCUT2D eigenvalue weighted by atomic mass is 19.4. The first-order valence-corrected chi connectivity index (χ1v) is 8.04. The highest BCUT2D eigenvalue weighted by molar-refractivity contribution is 5.95. The van der Waals surface area contributed by atoms with Crippen molar-refractivity contribution in [2.75, 3.05) is 19.0 Å². The minimum Gasteiger partial charge on any atom is -0.496 e. The molecule has 0 unspecified atom stereocenters. The van der Waals surface area contributed by atoms with E-state index in [1.54, 1.807) is 0 Å². The second kappa shape index (κ2) is 9.04. The van der Waals surface area contributed by atoms with Gasteiger partial charge in [-0.25, -0.2) is 0 Å². The van der Waals surface area contributed by atoms with Crippen LogP contribution in [-0.4, -0.2) is 30.5 Å². The van der Waals surface area contributed by atoms with Crippen molar-refractivity contribution < 1.29 is 37.2 Å². The maximum absolute atomic E-state index is 12.7. The molecule has 0 aromatic heterocycles. The van der Waals surface area contributed by atoms with E-state index in [0.29, 0.717) is 0 Å². The Morgan fingerprint density at radius 3 is 2.52 bits per heavy atom. The minimum absolute atomic E-state index is 0.0658. The van der Waals surface area contributed by atoms with Crippen molar-refractivity contribution in [2.45, 2.75) is 12.6 Å². The molecule has 29 heavy (non-hydrogen) atoms. The van der Waals surface area contributed by atoms with Crippen LogP contribution in [0.3, 0.4) is 0 Å². The Kier molecular flexibility index (Phi) is 6.75. The molecule has 0 aliphatic heterocycles. The molecular weight excluding hydrogens is 397 g/mol. The number of rotatable bonds is 7. The van der Waals surface area contributed by atoms with Gasteiger partial charge in [0.1, 0.15) is 11.4 Å². The molecule has 0 heterocycles. The van der Waals surface area contributed by atoms with Crippen LogP contribution in [0, 0.1) is 10.1 Å². The molecule has 11 heteroatoms. The molecule has 0 spiro atoms. The summed E-state index contributed by atoms with van der Waals surface area (Å²) in [6, 6.07) is 7.89. The minimum atomic E-state index is -4.55. The van der Waals surface area contributed by atoms with E-state index in [1.807, 2.05) is 0 Å². The van der Waals surface area contributed by atoms with E-state index in [1.165, 1.54) is 25.3 Å². The van der Waals surface area contributed by atoms with Gasteiger partial charge in [0, 0.05) is 0 Å². The van der Waals surface area contributed by atoms with Gasteiger partial charge >= 0.3 is 12.1 Å². The Balaban J connectivity index is 1.94. The van der Waals surface area contributed by atoms with Crippen molar-refractivity contribution >= 4 is 23.3 Å². The number of nitro groups is 1. The second-order valence-electron chi connectivity index (χ2n) is 5.72. The van der Waals surface area contributed by atoms with Gasteiger partial charge in [-0.1, -0.05) is 18.2 Å². The zero-order valence-electron chi connectivity index (χ0n) is 15.0. The molecule has 0 atom stereocenters. The topological polar surface area (TPSA) is 108 Å². The van der Waals surface area contributed by atoms with E-state index in [4.69, 9.17) is 9.47 Å². The third kappa shape index (κ3) is 6.19. The van der Waals surface area contributed by atoms with Crippen LogP contribution in [0.15, 0.2) is 42.5 Å².